The van der Waals surface area contributed by atoms with Gasteiger partial charge in [-0.2, -0.15) is 11.8 Å². The van der Waals surface area contributed by atoms with E-state index in [0.29, 0.717) is 5.92 Å². The maximum atomic E-state index is 12.1. The van der Waals surface area contributed by atoms with Gasteiger partial charge in [0, 0.05) is 11.6 Å². The second kappa shape index (κ2) is 8.55. The van der Waals surface area contributed by atoms with Gasteiger partial charge in [-0.25, -0.2) is 0 Å². The summed E-state index contributed by atoms with van der Waals surface area (Å²) in [5.41, 5.74) is 2.22. The van der Waals surface area contributed by atoms with Gasteiger partial charge < -0.3 is 10.6 Å². The molecule has 0 aromatic heterocycles. The van der Waals surface area contributed by atoms with Gasteiger partial charge in [-0.05, 0) is 55.1 Å². The van der Waals surface area contributed by atoms with E-state index in [4.69, 9.17) is 0 Å². The molecular formula is C15H23ClN2OS. The van der Waals surface area contributed by atoms with Crippen molar-refractivity contribution in [3.63, 3.8) is 0 Å². The number of anilines is 1. The van der Waals surface area contributed by atoms with Crippen LogP contribution < -0.4 is 10.6 Å². The van der Waals surface area contributed by atoms with Gasteiger partial charge >= 0.3 is 0 Å². The Morgan fingerprint density at radius 1 is 1.40 bits per heavy atom. The Labute approximate surface area is 131 Å². The van der Waals surface area contributed by atoms with Gasteiger partial charge in [-0.15, -0.1) is 12.4 Å². The monoisotopic (exact) mass is 314 g/mol. The number of nitrogens with one attached hydrogen (secondary N) is 2. The Hall–Kier alpha value is -0.710. The fraction of sp³-hybridized carbons (Fsp3) is 0.533. The van der Waals surface area contributed by atoms with Crippen molar-refractivity contribution in [1.29, 1.82) is 0 Å². The summed E-state index contributed by atoms with van der Waals surface area (Å²) in [6, 6.07) is 8.20. The van der Waals surface area contributed by atoms with Crippen LogP contribution in [-0.2, 0) is 11.2 Å². The minimum Gasteiger partial charge on any atom is -0.326 e. The Morgan fingerprint density at radius 2 is 2.05 bits per heavy atom. The zero-order chi connectivity index (χ0) is 13.7. The lowest BCUT2D eigenvalue weighted by molar-refractivity contribution is -0.121. The van der Waals surface area contributed by atoms with Crippen molar-refractivity contribution in [3.05, 3.63) is 29.8 Å². The van der Waals surface area contributed by atoms with E-state index in [1.165, 1.54) is 5.56 Å². The lowest BCUT2D eigenvalue weighted by Gasteiger charge is -2.31. The highest BCUT2D eigenvalue weighted by molar-refractivity contribution is 7.98. The third-order valence-electron chi connectivity index (χ3n) is 3.75. The largest absolute Gasteiger partial charge is 0.326 e. The molecule has 1 amide bonds. The van der Waals surface area contributed by atoms with E-state index >= 15 is 0 Å². The highest BCUT2D eigenvalue weighted by Crippen LogP contribution is 2.18. The molecule has 1 aliphatic heterocycles. The van der Waals surface area contributed by atoms with Crippen molar-refractivity contribution >= 4 is 35.8 Å². The Bertz CT molecular complexity index is 420. The SMILES string of the molecule is CSCCc1ccc(NC(=O)C(C)C2CNC2)cc1.Cl. The van der Waals surface area contributed by atoms with E-state index in [-0.39, 0.29) is 24.2 Å². The Morgan fingerprint density at radius 3 is 2.55 bits per heavy atom. The van der Waals surface area contributed by atoms with Crippen LogP contribution in [0.3, 0.4) is 0 Å². The molecule has 20 heavy (non-hydrogen) atoms. The summed E-state index contributed by atoms with van der Waals surface area (Å²) < 4.78 is 0. The van der Waals surface area contributed by atoms with E-state index in [1.807, 2.05) is 30.8 Å². The molecule has 2 rings (SSSR count). The summed E-state index contributed by atoms with van der Waals surface area (Å²) in [6.45, 7) is 3.93. The molecule has 1 heterocycles. The highest BCUT2D eigenvalue weighted by atomic mass is 35.5. The van der Waals surface area contributed by atoms with Gasteiger partial charge in [0.15, 0.2) is 0 Å². The Balaban J connectivity index is 0.00000200. The molecule has 1 aliphatic rings. The lowest BCUT2D eigenvalue weighted by Crippen LogP contribution is -2.48. The third-order valence-corrected chi connectivity index (χ3v) is 4.36. The van der Waals surface area contributed by atoms with Crippen molar-refractivity contribution in [2.75, 3.05) is 30.4 Å². The van der Waals surface area contributed by atoms with E-state index in [0.717, 1.165) is 31.0 Å². The first-order valence-electron chi connectivity index (χ1n) is 6.80. The number of hydrogen-bond acceptors (Lipinski definition) is 3. The van der Waals surface area contributed by atoms with Crippen LogP contribution >= 0.6 is 24.2 Å². The maximum Gasteiger partial charge on any atom is 0.227 e. The fourth-order valence-electron chi connectivity index (χ4n) is 2.11. The van der Waals surface area contributed by atoms with Crippen LogP contribution in [0, 0.1) is 11.8 Å². The smallest absolute Gasteiger partial charge is 0.227 e. The molecule has 3 nitrogen and oxygen atoms in total. The normalized spacial score (nSPS) is 15.9. The van der Waals surface area contributed by atoms with Gasteiger partial charge in [-0.3, -0.25) is 4.79 Å². The predicted molar refractivity (Wildman–Crippen MR) is 89.9 cm³/mol. The third kappa shape index (κ3) is 4.69. The van der Waals surface area contributed by atoms with Gasteiger partial charge in [0.25, 0.3) is 0 Å². The number of halogens is 1. The first kappa shape index (κ1) is 17.3. The number of carbonyl (C=O) groups excluding carboxylic acids is 1. The molecule has 5 heteroatoms. The second-order valence-corrected chi connectivity index (χ2v) is 6.12. The summed E-state index contributed by atoms with van der Waals surface area (Å²) in [5, 5.41) is 6.21. The molecule has 0 saturated carbocycles. The molecule has 1 saturated heterocycles. The van der Waals surface area contributed by atoms with Crippen LogP contribution in [0.2, 0.25) is 0 Å². The van der Waals surface area contributed by atoms with Crippen LogP contribution in [0.5, 0.6) is 0 Å². The van der Waals surface area contributed by atoms with Crippen molar-refractivity contribution in [1.82, 2.24) is 5.32 Å². The Kier molecular flexibility index (Phi) is 7.41. The van der Waals surface area contributed by atoms with Gasteiger partial charge in [0.05, 0.1) is 0 Å². The van der Waals surface area contributed by atoms with Gasteiger partial charge in [-0.1, -0.05) is 19.1 Å². The summed E-state index contributed by atoms with van der Waals surface area (Å²) in [7, 11) is 0. The molecule has 0 bridgehead atoms. The molecule has 2 N–H and O–H groups in total. The molecule has 1 fully saturated rings. The summed E-state index contributed by atoms with van der Waals surface area (Å²) in [6.07, 6.45) is 3.20. The van der Waals surface area contributed by atoms with Crippen LogP contribution in [0.4, 0.5) is 5.69 Å². The molecule has 1 aromatic rings. The maximum absolute atomic E-state index is 12.1. The molecule has 0 radical (unpaired) electrons. The highest BCUT2D eigenvalue weighted by Gasteiger charge is 2.28. The van der Waals surface area contributed by atoms with Crippen LogP contribution in [0.15, 0.2) is 24.3 Å². The van der Waals surface area contributed by atoms with E-state index < -0.39 is 0 Å². The average molecular weight is 315 g/mol. The first-order chi connectivity index (χ1) is 9.20. The lowest BCUT2D eigenvalue weighted by atomic mass is 9.88. The van der Waals surface area contributed by atoms with Crippen LogP contribution in [0.1, 0.15) is 12.5 Å². The number of carbonyl (C=O) groups is 1. The van der Waals surface area contributed by atoms with E-state index in [9.17, 15) is 4.79 Å². The predicted octanol–water partition coefficient (Wildman–Crippen LogP) is 2.81. The first-order valence-corrected chi connectivity index (χ1v) is 8.19. The summed E-state index contributed by atoms with van der Waals surface area (Å²) >= 11 is 1.85. The number of benzene rings is 1. The van der Waals surface area contributed by atoms with Crippen LogP contribution in [0.25, 0.3) is 0 Å². The second-order valence-electron chi connectivity index (χ2n) is 5.14. The molecule has 1 aromatic carbocycles. The number of aryl methyl sites for hydroxylation is 1. The number of rotatable bonds is 6. The molecule has 1 unspecified atom stereocenters. The standard InChI is InChI=1S/C15H22N2OS.ClH/c1-11(13-9-16-10-13)15(18)17-14-5-3-12(4-6-14)7-8-19-2;/h3-6,11,13,16H,7-10H2,1-2H3,(H,17,18);1H. The van der Waals surface area contributed by atoms with E-state index in [1.54, 1.807) is 0 Å². The molecule has 0 aliphatic carbocycles. The zero-order valence-electron chi connectivity index (χ0n) is 12.0. The number of hydrogen-bond donors (Lipinski definition) is 2. The molecule has 112 valence electrons. The fourth-order valence-corrected chi connectivity index (χ4v) is 2.55. The molecule has 1 atom stereocenters. The minimum absolute atomic E-state index is 0. The zero-order valence-corrected chi connectivity index (χ0v) is 13.7. The van der Waals surface area contributed by atoms with E-state index in [2.05, 4.69) is 29.0 Å². The molecule has 0 spiro atoms. The molecular weight excluding hydrogens is 292 g/mol. The topological polar surface area (TPSA) is 41.1 Å². The quantitative estimate of drug-likeness (QED) is 0.848. The number of thioether (sulfide) groups is 1. The van der Waals surface area contributed by atoms with Crippen LogP contribution in [-0.4, -0.2) is 31.0 Å². The summed E-state index contributed by atoms with van der Waals surface area (Å²) in [4.78, 5) is 12.1. The van der Waals surface area contributed by atoms with Crippen molar-refractivity contribution in [2.24, 2.45) is 11.8 Å². The van der Waals surface area contributed by atoms with Gasteiger partial charge in [0.1, 0.15) is 0 Å². The minimum atomic E-state index is 0. The van der Waals surface area contributed by atoms with Crippen molar-refractivity contribution in [3.8, 4) is 0 Å². The van der Waals surface area contributed by atoms with Crippen molar-refractivity contribution in [2.45, 2.75) is 13.3 Å². The average Bonchev–Trinajstić information content (AvgIpc) is 2.36. The van der Waals surface area contributed by atoms with Gasteiger partial charge in [0.2, 0.25) is 5.91 Å². The summed E-state index contributed by atoms with van der Waals surface area (Å²) in [5.74, 6) is 1.83. The number of amides is 1. The van der Waals surface area contributed by atoms with Crippen molar-refractivity contribution < 1.29 is 4.79 Å².